The fraction of sp³-hybridized carbons (Fsp3) is 0.875. The van der Waals surface area contributed by atoms with E-state index in [9.17, 15) is 14.7 Å². The molecule has 2 atom stereocenters. The van der Waals surface area contributed by atoms with Crippen molar-refractivity contribution in [1.29, 1.82) is 0 Å². The molecule has 0 aromatic rings. The monoisotopic (exact) mass is 309 g/mol. The molecule has 0 spiro atoms. The summed E-state index contributed by atoms with van der Waals surface area (Å²) in [5, 5.41) is 9.39. The first-order valence-corrected chi connectivity index (χ1v) is 8.46. The van der Waals surface area contributed by atoms with Crippen LogP contribution in [0.3, 0.4) is 0 Å². The van der Waals surface area contributed by atoms with E-state index in [1.165, 1.54) is 0 Å². The average molecular weight is 309 g/mol. The van der Waals surface area contributed by atoms with Gasteiger partial charge in [-0.25, -0.2) is 0 Å². The minimum absolute atomic E-state index is 0.110. The number of likely N-dealkylation sites (tertiary alicyclic amines) is 1. The van der Waals surface area contributed by atoms with Crippen LogP contribution >= 0.6 is 0 Å². The first-order chi connectivity index (χ1) is 10.5. The summed E-state index contributed by atoms with van der Waals surface area (Å²) in [5.41, 5.74) is 0. The van der Waals surface area contributed by atoms with E-state index in [1.54, 1.807) is 4.90 Å². The summed E-state index contributed by atoms with van der Waals surface area (Å²) < 4.78 is 0. The number of aliphatic carboxylic acids is 1. The number of carbonyl (C=O) groups excluding carboxylic acids is 1. The lowest BCUT2D eigenvalue weighted by molar-refractivity contribution is -0.142. The van der Waals surface area contributed by atoms with Crippen molar-refractivity contribution in [3.05, 3.63) is 0 Å². The van der Waals surface area contributed by atoms with E-state index in [1.807, 2.05) is 0 Å². The molecule has 1 amide bonds. The number of nitrogens with zero attached hydrogens (tertiary/aromatic N) is 3. The Hall–Kier alpha value is -1.14. The third-order valence-electron chi connectivity index (χ3n) is 5.43. The Kier molecular flexibility index (Phi) is 4.68. The van der Waals surface area contributed by atoms with Crippen molar-refractivity contribution in [3.8, 4) is 0 Å². The van der Waals surface area contributed by atoms with Gasteiger partial charge in [-0.1, -0.05) is 0 Å². The average Bonchev–Trinajstić information content (AvgIpc) is 3.25. The number of amides is 1. The topological polar surface area (TPSA) is 64.1 Å². The normalized spacial score (nSPS) is 31.2. The Labute approximate surface area is 132 Å². The lowest BCUT2D eigenvalue weighted by Crippen LogP contribution is -2.41. The van der Waals surface area contributed by atoms with Crippen LogP contribution in [0.2, 0.25) is 0 Å². The molecule has 2 aliphatic heterocycles. The molecule has 22 heavy (non-hydrogen) atoms. The second-order valence-corrected chi connectivity index (χ2v) is 7.18. The van der Waals surface area contributed by atoms with Gasteiger partial charge >= 0.3 is 5.97 Å². The van der Waals surface area contributed by atoms with Gasteiger partial charge in [0.05, 0.1) is 12.5 Å². The van der Waals surface area contributed by atoms with Crippen molar-refractivity contribution < 1.29 is 14.7 Å². The van der Waals surface area contributed by atoms with Gasteiger partial charge in [0.2, 0.25) is 5.91 Å². The first kappa shape index (κ1) is 15.7. The predicted molar refractivity (Wildman–Crippen MR) is 82.5 cm³/mol. The lowest BCUT2D eigenvalue weighted by Gasteiger charge is -2.23. The fourth-order valence-electron chi connectivity index (χ4n) is 3.85. The van der Waals surface area contributed by atoms with Gasteiger partial charge in [-0.15, -0.1) is 0 Å². The highest BCUT2D eigenvalue weighted by Crippen LogP contribution is 2.44. The summed E-state index contributed by atoms with van der Waals surface area (Å²) in [5.74, 6) is -0.267. The van der Waals surface area contributed by atoms with Gasteiger partial charge in [-0.2, -0.15) is 0 Å². The summed E-state index contributed by atoms with van der Waals surface area (Å²) in [6.45, 7) is 5.45. The van der Waals surface area contributed by atoms with E-state index in [0.29, 0.717) is 25.6 Å². The molecule has 1 saturated carbocycles. The highest BCUT2D eigenvalue weighted by molar-refractivity contribution is 5.80. The van der Waals surface area contributed by atoms with Gasteiger partial charge in [0, 0.05) is 26.2 Å². The summed E-state index contributed by atoms with van der Waals surface area (Å²) in [7, 11) is 2.11. The molecule has 0 radical (unpaired) electrons. The SMILES string of the molecule is CN1CCCN(CC(=O)N2C[C@H](C(=O)O)[C@@H](C3CC3)C2)CC1. The predicted octanol–water partition coefficient (Wildman–Crippen LogP) is 0.193. The second-order valence-electron chi connectivity index (χ2n) is 7.18. The minimum Gasteiger partial charge on any atom is -0.481 e. The summed E-state index contributed by atoms with van der Waals surface area (Å²) in [6, 6.07) is 0. The van der Waals surface area contributed by atoms with Crippen LogP contribution in [-0.4, -0.2) is 84.5 Å². The summed E-state index contributed by atoms with van der Waals surface area (Å²) in [4.78, 5) is 30.3. The lowest BCUT2D eigenvalue weighted by atomic mass is 9.92. The molecule has 3 aliphatic rings. The minimum atomic E-state index is -0.733. The number of likely N-dealkylation sites (N-methyl/N-ethyl adjacent to an activating group) is 1. The molecule has 0 aromatic heterocycles. The van der Waals surface area contributed by atoms with E-state index >= 15 is 0 Å². The maximum Gasteiger partial charge on any atom is 0.308 e. The van der Waals surface area contributed by atoms with Crippen molar-refractivity contribution in [2.45, 2.75) is 19.3 Å². The molecule has 0 aromatic carbocycles. The molecule has 0 bridgehead atoms. The van der Waals surface area contributed by atoms with Crippen LogP contribution in [0.25, 0.3) is 0 Å². The number of carboxylic acids is 1. The Morgan fingerprint density at radius 1 is 1.09 bits per heavy atom. The Morgan fingerprint density at radius 2 is 1.86 bits per heavy atom. The Bertz CT molecular complexity index is 438. The molecule has 0 unspecified atom stereocenters. The van der Waals surface area contributed by atoms with E-state index < -0.39 is 5.97 Å². The van der Waals surface area contributed by atoms with Gasteiger partial charge < -0.3 is 14.9 Å². The molecule has 124 valence electrons. The molecule has 1 N–H and O–H groups in total. The van der Waals surface area contributed by atoms with Crippen molar-refractivity contribution in [3.63, 3.8) is 0 Å². The highest BCUT2D eigenvalue weighted by Gasteiger charge is 2.46. The van der Waals surface area contributed by atoms with E-state index in [0.717, 1.165) is 45.4 Å². The Morgan fingerprint density at radius 3 is 2.55 bits per heavy atom. The number of hydrogen-bond donors (Lipinski definition) is 1. The van der Waals surface area contributed by atoms with Gasteiger partial charge in [0.25, 0.3) is 0 Å². The fourth-order valence-corrected chi connectivity index (χ4v) is 3.85. The van der Waals surface area contributed by atoms with Crippen LogP contribution in [-0.2, 0) is 9.59 Å². The maximum atomic E-state index is 12.5. The maximum absolute atomic E-state index is 12.5. The molecule has 2 heterocycles. The van der Waals surface area contributed by atoms with Crippen LogP contribution in [0, 0.1) is 17.8 Å². The van der Waals surface area contributed by atoms with Crippen LogP contribution in [0.15, 0.2) is 0 Å². The zero-order valence-electron chi connectivity index (χ0n) is 13.4. The van der Waals surface area contributed by atoms with E-state index in [-0.39, 0.29) is 17.7 Å². The van der Waals surface area contributed by atoms with Gasteiger partial charge in [0.15, 0.2) is 0 Å². The smallest absolute Gasteiger partial charge is 0.308 e. The van der Waals surface area contributed by atoms with Crippen LogP contribution in [0.1, 0.15) is 19.3 Å². The highest BCUT2D eigenvalue weighted by atomic mass is 16.4. The number of rotatable bonds is 4. The molecule has 3 fully saturated rings. The van der Waals surface area contributed by atoms with Crippen LogP contribution < -0.4 is 0 Å². The number of carbonyl (C=O) groups is 2. The Balaban J connectivity index is 1.55. The molecule has 2 saturated heterocycles. The second kappa shape index (κ2) is 6.54. The standard InChI is InChI=1S/C16H27N3O3/c1-17-5-2-6-18(8-7-17)11-15(20)19-9-13(12-3-4-12)14(10-19)16(21)22/h12-14H,2-11H2,1H3,(H,21,22)/t13-,14+/m1/s1. The largest absolute Gasteiger partial charge is 0.481 e. The van der Waals surface area contributed by atoms with Crippen molar-refractivity contribution in [2.75, 3.05) is 52.9 Å². The zero-order valence-corrected chi connectivity index (χ0v) is 13.4. The first-order valence-electron chi connectivity index (χ1n) is 8.46. The third kappa shape index (κ3) is 3.60. The van der Waals surface area contributed by atoms with Gasteiger partial charge in [-0.05, 0) is 51.2 Å². The van der Waals surface area contributed by atoms with Crippen molar-refractivity contribution in [1.82, 2.24) is 14.7 Å². The van der Waals surface area contributed by atoms with Gasteiger partial charge in [0.1, 0.15) is 0 Å². The zero-order chi connectivity index (χ0) is 15.7. The van der Waals surface area contributed by atoms with E-state index in [2.05, 4.69) is 16.8 Å². The molecule has 3 rings (SSSR count). The van der Waals surface area contributed by atoms with E-state index in [4.69, 9.17) is 0 Å². The molecule has 6 nitrogen and oxygen atoms in total. The molecular formula is C16H27N3O3. The summed E-state index contributed by atoms with van der Waals surface area (Å²) >= 11 is 0. The summed E-state index contributed by atoms with van der Waals surface area (Å²) in [6.07, 6.45) is 3.36. The van der Waals surface area contributed by atoms with Crippen LogP contribution in [0.4, 0.5) is 0 Å². The van der Waals surface area contributed by atoms with Crippen LogP contribution in [0.5, 0.6) is 0 Å². The molecule has 6 heteroatoms. The molecular weight excluding hydrogens is 282 g/mol. The quantitative estimate of drug-likeness (QED) is 0.803. The number of hydrogen-bond acceptors (Lipinski definition) is 4. The molecule has 1 aliphatic carbocycles. The third-order valence-corrected chi connectivity index (χ3v) is 5.43. The van der Waals surface area contributed by atoms with Crippen molar-refractivity contribution in [2.24, 2.45) is 17.8 Å². The van der Waals surface area contributed by atoms with Gasteiger partial charge in [-0.3, -0.25) is 14.5 Å². The van der Waals surface area contributed by atoms with Crippen molar-refractivity contribution >= 4 is 11.9 Å². The number of carboxylic acid groups (broad SMARTS) is 1.